The van der Waals surface area contributed by atoms with Crippen LogP contribution in [0.4, 0.5) is 28.0 Å². The summed E-state index contributed by atoms with van der Waals surface area (Å²) in [4.78, 5) is 139. The molecule has 10 atom stereocenters. The number of nitrogens with one attached hydrogen (secondary N) is 4. The maximum absolute atomic E-state index is 14.3. The van der Waals surface area contributed by atoms with Gasteiger partial charge in [0.2, 0.25) is 23.6 Å². The number of rotatable bonds is 8. The molecule has 6 aliphatic heterocycles. The van der Waals surface area contributed by atoms with Gasteiger partial charge in [-0.3, -0.25) is 29.0 Å². The highest BCUT2D eigenvalue weighted by Gasteiger charge is 2.64. The first kappa shape index (κ1) is 69.9. The fraction of sp³-hybridized carbons (Fsp3) is 0.606. The van der Waals surface area contributed by atoms with E-state index in [1.807, 2.05) is 24.3 Å². The van der Waals surface area contributed by atoms with E-state index in [4.69, 9.17) is 37.9 Å². The molecule has 0 bridgehead atoms. The smallest absolute Gasteiger partial charge is 0.410 e. The zero-order valence-electron chi connectivity index (χ0n) is 54.4. The highest BCUT2D eigenvalue weighted by Crippen LogP contribution is 2.48. The lowest BCUT2D eigenvalue weighted by Crippen LogP contribution is -2.57. The molecule has 26 nitrogen and oxygen atoms in total. The van der Waals surface area contributed by atoms with E-state index < -0.39 is 130 Å². The summed E-state index contributed by atoms with van der Waals surface area (Å²) < 4.78 is 73.1. The molecular weight excluding hydrogens is 1230 g/mol. The molecule has 2 aromatic rings. The van der Waals surface area contributed by atoms with Gasteiger partial charge in [-0.15, -0.1) is 0 Å². The minimum atomic E-state index is -1.29. The number of fused-ring (bicyclic) bond motifs is 6. The Morgan fingerprint density at radius 3 is 1.35 bits per heavy atom. The van der Waals surface area contributed by atoms with Crippen molar-refractivity contribution in [2.45, 2.75) is 192 Å². The van der Waals surface area contributed by atoms with Gasteiger partial charge in [0.1, 0.15) is 70.3 Å². The first-order valence-corrected chi connectivity index (χ1v) is 32.1. The van der Waals surface area contributed by atoms with Crippen LogP contribution in [0.1, 0.15) is 129 Å². The van der Waals surface area contributed by atoms with E-state index in [9.17, 15) is 56.7 Å². The number of benzene rings is 2. The van der Waals surface area contributed by atoms with Gasteiger partial charge in [-0.25, -0.2) is 37.5 Å². The maximum Gasteiger partial charge on any atom is 0.410 e. The molecule has 2 aromatic carbocycles. The lowest BCUT2D eigenvalue weighted by Gasteiger charge is -2.30. The van der Waals surface area contributed by atoms with E-state index in [1.165, 1.54) is 31.7 Å². The number of nitrogens with zero attached hydrogens (tertiary/aromatic N) is 4. The first-order valence-electron chi connectivity index (χ1n) is 32.1. The van der Waals surface area contributed by atoms with E-state index in [1.54, 1.807) is 79.7 Å². The minimum Gasteiger partial charge on any atom is -0.464 e. The fourth-order valence-corrected chi connectivity index (χ4v) is 12.4. The fourth-order valence-electron chi connectivity index (χ4n) is 12.4. The second-order valence-corrected chi connectivity index (χ2v) is 26.6. The summed E-state index contributed by atoms with van der Waals surface area (Å²) in [7, 11) is 0. The van der Waals surface area contributed by atoms with Crippen LogP contribution in [0.3, 0.4) is 0 Å². The van der Waals surface area contributed by atoms with Gasteiger partial charge in [0.15, 0.2) is 0 Å². The summed E-state index contributed by atoms with van der Waals surface area (Å²) in [6.45, 7) is 13.9. The molecule has 6 heterocycles. The Hall–Kier alpha value is -8.40. The van der Waals surface area contributed by atoms with Gasteiger partial charge in [0, 0.05) is 62.1 Å². The van der Waals surface area contributed by atoms with Crippen LogP contribution in [0.25, 0.3) is 0 Å². The summed E-state index contributed by atoms with van der Waals surface area (Å²) in [5.41, 5.74) is -2.09. The summed E-state index contributed by atoms with van der Waals surface area (Å²) in [6, 6.07) is 4.52. The Kier molecular flexibility index (Phi) is 21.9. The third-order valence-corrected chi connectivity index (χ3v) is 17.2. The quantitative estimate of drug-likeness (QED) is 0.136. The minimum absolute atomic E-state index is 0.0241. The molecule has 512 valence electrons. The molecule has 0 radical (unpaired) electrons. The number of alkyl carbamates (subject to hydrolysis) is 2. The van der Waals surface area contributed by atoms with E-state index in [0.717, 1.165) is 0 Å². The Balaban J connectivity index is 0.000000221. The average molecular weight is 1320 g/mol. The molecule has 4 N–H and O–H groups in total. The van der Waals surface area contributed by atoms with Gasteiger partial charge >= 0.3 is 36.3 Å². The van der Waals surface area contributed by atoms with E-state index in [0.29, 0.717) is 60.8 Å². The largest absolute Gasteiger partial charge is 0.464 e. The van der Waals surface area contributed by atoms with Crippen molar-refractivity contribution in [1.29, 1.82) is 0 Å². The number of amides is 8. The van der Waals surface area contributed by atoms with Crippen LogP contribution in [-0.4, -0.2) is 191 Å². The zero-order valence-corrected chi connectivity index (χ0v) is 54.4. The van der Waals surface area contributed by atoms with Crippen molar-refractivity contribution in [3.63, 3.8) is 0 Å². The van der Waals surface area contributed by atoms with Crippen molar-refractivity contribution in [2.24, 2.45) is 11.8 Å². The lowest BCUT2D eigenvalue weighted by atomic mass is 10.1. The molecule has 8 amide bonds. The van der Waals surface area contributed by atoms with E-state index in [-0.39, 0.29) is 104 Å². The Morgan fingerprint density at radius 2 is 0.989 bits per heavy atom. The number of halogens is 2. The van der Waals surface area contributed by atoms with Crippen molar-refractivity contribution in [2.75, 3.05) is 52.7 Å². The number of ether oxygens (including phenoxy) is 8. The van der Waals surface area contributed by atoms with Gasteiger partial charge in [-0.2, -0.15) is 0 Å². The van der Waals surface area contributed by atoms with Gasteiger partial charge in [0.05, 0.1) is 52.6 Å². The molecule has 28 heteroatoms. The summed E-state index contributed by atoms with van der Waals surface area (Å²) in [5.74, 6) is -5.09. The van der Waals surface area contributed by atoms with Crippen molar-refractivity contribution in [3.8, 4) is 0 Å². The SMILES string of the molecule is CCOC(=O)[C@@]12C[C@H]1/C=C\CCCOC[C@H](NC(=O)OC(C)(C)C)C(=O)N1C[C@H](OC(=O)N3Cc4cccc(F)c4C3)C[C@H]1C(=O)N2.CCOC(=O)[C@@]12C[C@H]1/C=C\CCCOC[C@H](NC(=O)OC(C)(C)C)C(=O)N1C[C@H](OC(=O)N3Cc4cccc(F)c4C3)C[C@H]1C(=O)N2. The van der Waals surface area contributed by atoms with Crippen LogP contribution in [0.15, 0.2) is 60.7 Å². The van der Waals surface area contributed by atoms with E-state index in [2.05, 4.69) is 21.3 Å². The molecule has 0 spiro atoms. The van der Waals surface area contributed by atoms with Crippen LogP contribution in [-0.2, 0) is 92.8 Å². The summed E-state index contributed by atoms with van der Waals surface area (Å²) >= 11 is 0. The number of carbonyl (C=O) groups excluding carboxylic acids is 10. The summed E-state index contributed by atoms with van der Waals surface area (Å²) in [5, 5.41) is 10.8. The molecule has 4 fully saturated rings. The Morgan fingerprint density at radius 1 is 0.596 bits per heavy atom. The number of hydrogen-bond acceptors (Lipinski definition) is 18. The van der Waals surface area contributed by atoms with Crippen molar-refractivity contribution < 1.29 is 94.6 Å². The van der Waals surface area contributed by atoms with Crippen LogP contribution in [0.2, 0.25) is 0 Å². The average Bonchev–Trinajstić information content (AvgIpc) is 1.72. The van der Waals surface area contributed by atoms with E-state index >= 15 is 0 Å². The molecule has 2 saturated heterocycles. The molecular formula is C66H86F2N8O18. The van der Waals surface area contributed by atoms with Crippen molar-refractivity contribution in [1.82, 2.24) is 40.9 Å². The monoisotopic (exact) mass is 1320 g/mol. The van der Waals surface area contributed by atoms with Crippen LogP contribution >= 0.6 is 0 Å². The topological polar surface area (TPSA) is 306 Å². The number of allylic oxidation sites excluding steroid dienone is 2. The second-order valence-electron chi connectivity index (χ2n) is 26.6. The highest BCUT2D eigenvalue weighted by atomic mass is 19.1. The van der Waals surface area contributed by atoms with Crippen LogP contribution in [0, 0.1) is 23.5 Å². The molecule has 10 rings (SSSR count). The van der Waals surface area contributed by atoms with Gasteiger partial charge < -0.3 is 69.0 Å². The third kappa shape index (κ3) is 16.9. The van der Waals surface area contributed by atoms with Crippen molar-refractivity contribution >= 4 is 59.9 Å². The molecule has 0 aromatic heterocycles. The number of esters is 2. The van der Waals surface area contributed by atoms with Crippen LogP contribution < -0.4 is 21.3 Å². The predicted molar refractivity (Wildman–Crippen MR) is 328 cm³/mol. The number of hydrogen-bond donors (Lipinski definition) is 4. The maximum atomic E-state index is 14.3. The molecule has 0 unspecified atom stereocenters. The molecule has 2 saturated carbocycles. The molecule has 94 heavy (non-hydrogen) atoms. The highest BCUT2D eigenvalue weighted by molar-refractivity contribution is 5.98. The Labute approximate surface area is 544 Å². The third-order valence-electron chi connectivity index (χ3n) is 17.2. The van der Waals surface area contributed by atoms with Crippen molar-refractivity contribution in [3.05, 3.63) is 94.6 Å². The number of carbonyl (C=O) groups is 10. The normalized spacial score (nSPS) is 28.4. The standard InChI is InChI=1S/2C33H43FN4O9/c2*1-5-45-29(41)33-15-21(33)11-7-6-8-13-44-19-25(35-30(42)47-32(2,3)4)28(40)38-17-22(14-26(38)27(39)36-33)46-31(43)37-16-20-10-9-12-24(34)23(20)18-37/h2*7,9-12,21-22,25-26H,5-6,8,13-19H2,1-4H3,(H,35,42)(H,36,39)/b2*11-7-/t2*21-,22-,25+,26+,33-/m11/s1. The van der Waals surface area contributed by atoms with Gasteiger partial charge in [-0.05, 0) is 117 Å². The van der Waals surface area contributed by atoms with Crippen LogP contribution in [0.5, 0.6) is 0 Å². The summed E-state index contributed by atoms with van der Waals surface area (Å²) in [6.07, 6.45) is 5.68. The lowest BCUT2D eigenvalue weighted by molar-refractivity contribution is -0.150. The zero-order chi connectivity index (χ0) is 67.9. The Bertz CT molecular complexity index is 3070. The first-order chi connectivity index (χ1) is 44.6. The van der Waals surface area contributed by atoms with Gasteiger partial charge in [0.25, 0.3) is 0 Å². The van der Waals surface area contributed by atoms with Gasteiger partial charge in [-0.1, -0.05) is 48.6 Å². The molecule has 2 aliphatic carbocycles. The predicted octanol–water partition coefficient (Wildman–Crippen LogP) is 5.89. The second kappa shape index (κ2) is 29.5. The molecule has 8 aliphatic rings.